The quantitative estimate of drug-likeness (QED) is 0.696. The van der Waals surface area contributed by atoms with Crippen LogP contribution in [-0.2, 0) is 4.74 Å². The molecule has 5 heteroatoms. The van der Waals surface area contributed by atoms with Gasteiger partial charge in [0.2, 0.25) is 5.95 Å². The maximum atomic E-state index is 5.03. The minimum Gasteiger partial charge on any atom is -0.385 e. The van der Waals surface area contributed by atoms with Gasteiger partial charge >= 0.3 is 0 Å². The van der Waals surface area contributed by atoms with E-state index >= 15 is 0 Å². The van der Waals surface area contributed by atoms with Crippen molar-refractivity contribution >= 4 is 11.8 Å². The molecular weight excluding hydrogens is 240 g/mol. The molecule has 0 bridgehead atoms. The number of ether oxygens (including phenoxy) is 1. The molecule has 5 nitrogen and oxygen atoms in total. The van der Waals surface area contributed by atoms with Crippen LogP contribution in [0, 0.1) is 6.92 Å². The van der Waals surface area contributed by atoms with E-state index in [0.717, 1.165) is 50.0 Å². The first kappa shape index (κ1) is 15.7. The molecule has 0 atom stereocenters. The molecule has 0 aliphatic heterocycles. The Hall–Kier alpha value is -1.36. The van der Waals surface area contributed by atoms with E-state index in [4.69, 9.17) is 4.74 Å². The van der Waals surface area contributed by atoms with Gasteiger partial charge in [-0.05, 0) is 19.8 Å². The molecule has 1 heterocycles. The summed E-state index contributed by atoms with van der Waals surface area (Å²) in [5.74, 6) is 1.68. The van der Waals surface area contributed by atoms with Gasteiger partial charge in [0.25, 0.3) is 0 Å². The first-order chi connectivity index (χ1) is 9.17. The Morgan fingerprint density at radius 2 is 2.11 bits per heavy atom. The molecule has 0 spiro atoms. The Morgan fingerprint density at radius 3 is 2.79 bits per heavy atom. The zero-order valence-electron chi connectivity index (χ0n) is 12.6. The summed E-state index contributed by atoms with van der Waals surface area (Å²) >= 11 is 0. The van der Waals surface area contributed by atoms with Gasteiger partial charge in [0.05, 0.1) is 0 Å². The van der Waals surface area contributed by atoms with Crippen LogP contribution in [0.1, 0.15) is 31.9 Å². The second-order valence-electron chi connectivity index (χ2n) is 4.74. The van der Waals surface area contributed by atoms with Gasteiger partial charge in [-0.3, -0.25) is 0 Å². The van der Waals surface area contributed by atoms with Crippen molar-refractivity contribution in [2.24, 2.45) is 0 Å². The summed E-state index contributed by atoms with van der Waals surface area (Å²) < 4.78 is 5.03. The van der Waals surface area contributed by atoms with Crippen molar-refractivity contribution in [1.29, 1.82) is 0 Å². The van der Waals surface area contributed by atoms with Crippen molar-refractivity contribution in [3.8, 4) is 0 Å². The van der Waals surface area contributed by atoms with Crippen LogP contribution in [0.15, 0.2) is 6.07 Å². The van der Waals surface area contributed by atoms with Gasteiger partial charge in [0.1, 0.15) is 5.82 Å². The fraction of sp³-hybridized carbons (Fsp3) is 0.714. The largest absolute Gasteiger partial charge is 0.385 e. The average Bonchev–Trinajstić information content (AvgIpc) is 2.40. The van der Waals surface area contributed by atoms with Crippen LogP contribution in [0.25, 0.3) is 0 Å². The van der Waals surface area contributed by atoms with E-state index in [1.54, 1.807) is 7.11 Å². The van der Waals surface area contributed by atoms with Crippen molar-refractivity contribution in [1.82, 2.24) is 9.97 Å². The van der Waals surface area contributed by atoms with Gasteiger partial charge in [-0.1, -0.05) is 13.3 Å². The molecule has 0 saturated heterocycles. The van der Waals surface area contributed by atoms with E-state index in [9.17, 15) is 0 Å². The lowest BCUT2D eigenvalue weighted by molar-refractivity contribution is 0.198. The zero-order valence-corrected chi connectivity index (χ0v) is 12.6. The Bertz CT molecular complexity index is 370. The summed E-state index contributed by atoms with van der Waals surface area (Å²) in [7, 11) is 3.76. The standard InChI is InChI=1S/C14H26N4O/c1-5-6-9-18(3)14-16-12(2)11-13(17-14)15-8-7-10-19-4/h11H,5-10H2,1-4H3,(H,15,16,17). The van der Waals surface area contributed by atoms with Gasteiger partial charge in [-0.25, -0.2) is 4.98 Å². The first-order valence-electron chi connectivity index (χ1n) is 6.97. The minimum absolute atomic E-state index is 0.764. The first-order valence-corrected chi connectivity index (χ1v) is 6.97. The Morgan fingerprint density at radius 1 is 1.32 bits per heavy atom. The normalized spacial score (nSPS) is 10.5. The summed E-state index contributed by atoms with van der Waals surface area (Å²) in [5, 5.41) is 3.31. The lowest BCUT2D eigenvalue weighted by Crippen LogP contribution is -2.21. The number of aryl methyl sites for hydroxylation is 1. The number of hydrogen-bond acceptors (Lipinski definition) is 5. The highest BCUT2D eigenvalue weighted by molar-refractivity contribution is 5.43. The molecule has 0 fully saturated rings. The number of aromatic nitrogens is 2. The van der Waals surface area contributed by atoms with Crippen LogP contribution in [0.3, 0.4) is 0 Å². The highest BCUT2D eigenvalue weighted by Gasteiger charge is 2.06. The molecule has 0 aliphatic rings. The fourth-order valence-corrected chi connectivity index (χ4v) is 1.74. The zero-order chi connectivity index (χ0) is 14.1. The topological polar surface area (TPSA) is 50.3 Å². The fourth-order valence-electron chi connectivity index (χ4n) is 1.74. The van der Waals surface area contributed by atoms with Crippen LogP contribution in [0.4, 0.5) is 11.8 Å². The predicted octanol–water partition coefficient (Wildman–Crippen LogP) is 2.47. The second-order valence-corrected chi connectivity index (χ2v) is 4.74. The predicted molar refractivity (Wildman–Crippen MR) is 79.9 cm³/mol. The number of anilines is 2. The van der Waals surface area contributed by atoms with Crippen LogP contribution in [0.2, 0.25) is 0 Å². The highest BCUT2D eigenvalue weighted by Crippen LogP contribution is 2.13. The van der Waals surface area contributed by atoms with E-state index in [1.165, 1.54) is 6.42 Å². The third kappa shape index (κ3) is 5.87. The smallest absolute Gasteiger partial charge is 0.227 e. The molecule has 0 aromatic carbocycles. The lowest BCUT2D eigenvalue weighted by atomic mass is 10.3. The maximum absolute atomic E-state index is 5.03. The van der Waals surface area contributed by atoms with Crippen molar-refractivity contribution in [2.75, 3.05) is 44.1 Å². The third-order valence-corrected chi connectivity index (χ3v) is 2.86. The molecular formula is C14H26N4O. The summed E-state index contributed by atoms with van der Waals surface area (Å²) in [4.78, 5) is 11.1. The van der Waals surface area contributed by atoms with Crippen molar-refractivity contribution < 1.29 is 4.74 Å². The van der Waals surface area contributed by atoms with Crippen LogP contribution in [0.5, 0.6) is 0 Å². The van der Waals surface area contributed by atoms with Crippen LogP contribution in [-0.4, -0.2) is 43.8 Å². The van der Waals surface area contributed by atoms with Gasteiger partial charge < -0.3 is 15.0 Å². The number of nitrogens with zero attached hydrogens (tertiary/aromatic N) is 3. The number of hydrogen-bond donors (Lipinski definition) is 1. The van der Waals surface area contributed by atoms with Crippen molar-refractivity contribution in [3.05, 3.63) is 11.8 Å². The van der Waals surface area contributed by atoms with E-state index in [2.05, 4.69) is 27.1 Å². The molecule has 1 N–H and O–H groups in total. The van der Waals surface area contributed by atoms with E-state index in [1.807, 2.05) is 20.0 Å². The number of methoxy groups -OCH3 is 1. The second kappa shape index (κ2) is 8.69. The van der Waals surface area contributed by atoms with E-state index in [-0.39, 0.29) is 0 Å². The third-order valence-electron chi connectivity index (χ3n) is 2.86. The van der Waals surface area contributed by atoms with Crippen LogP contribution >= 0.6 is 0 Å². The molecule has 0 aliphatic carbocycles. The minimum atomic E-state index is 0.764. The van der Waals surface area contributed by atoms with Crippen molar-refractivity contribution in [3.63, 3.8) is 0 Å². The van der Waals surface area contributed by atoms with Gasteiger partial charge in [0.15, 0.2) is 0 Å². The molecule has 0 unspecified atom stereocenters. The van der Waals surface area contributed by atoms with Gasteiger partial charge in [0, 0.05) is 45.6 Å². The molecule has 0 radical (unpaired) electrons. The van der Waals surface area contributed by atoms with Gasteiger partial charge in [-0.15, -0.1) is 0 Å². The Labute approximate surface area is 116 Å². The summed E-state index contributed by atoms with van der Waals surface area (Å²) in [6.07, 6.45) is 3.31. The molecule has 1 aromatic rings. The maximum Gasteiger partial charge on any atom is 0.227 e. The number of rotatable bonds is 9. The molecule has 0 saturated carbocycles. The summed E-state index contributed by atoms with van der Waals surface area (Å²) in [6.45, 7) is 6.80. The molecule has 108 valence electrons. The SMILES string of the molecule is CCCCN(C)c1nc(C)cc(NCCCOC)n1. The highest BCUT2D eigenvalue weighted by atomic mass is 16.5. The molecule has 1 aromatic heterocycles. The van der Waals surface area contributed by atoms with Crippen molar-refractivity contribution in [2.45, 2.75) is 33.1 Å². The Balaban J connectivity index is 2.60. The van der Waals surface area contributed by atoms with Crippen LogP contribution < -0.4 is 10.2 Å². The number of unbranched alkanes of at least 4 members (excludes halogenated alkanes) is 1. The molecule has 19 heavy (non-hydrogen) atoms. The molecule has 0 amide bonds. The van der Waals surface area contributed by atoms with Gasteiger partial charge in [-0.2, -0.15) is 4.98 Å². The van der Waals surface area contributed by atoms with E-state index in [0.29, 0.717) is 0 Å². The lowest BCUT2D eigenvalue weighted by Gasteiger charge is -2.18. The summed E-state index contributed by atoms with van der Waals surface area (Å²) in [6, 6.07) is 1.98. The summed E-state index contributed by atoms with van der Waals surface area (Å²) in [5.41, 5.74) is 0.989. The molecule has 1 rings (SSSR count). The van der Waals surface area contributed by atoms with E-state index < -0.39 is 0 Å². The monoisotopic (exact) mass is 266 g/mol. The Kier molecular flexibility index (Phi) is 7.18. The average molecular weight is 266 g/mol. The number of nitrogens with one attached hydrogen (secondary N) is 1.